The molecule has 1 saturated carbocycles. The number of hydrogen-bond donors (Lipinski definition) is 2. The lowest BCUT2D eigenvalue weighted by Gasteiger charge is -2.11. The molecule has 1 aromatic carbocycles. The van der Waals surface area contributed by atoms with Crippen LogP contribution in [0.15, 0.2) is 30.3 Å². The maximum Gasteiger partial charge on any atom is 0.237 e. The molecule has 1 aliphatic rings. The van der Waals surface area contributed by atoms with Crippen LogP contribution in [0.1, 0.15) is 18.4 Å². The van der Waals surface area contributed by atoms with Crippen molar-refractivity contribution in [3.63, 3.8) is 0 Å². The van der Waals surface area contributed by atoms with Gasteiger partial charge in [-0.1, -0.05) is 30.3 Å². The predicted molar refractivity (Wildman–Crippen MR) is 63.9 cm³/mol. The standard InChI is InChI=1S/C13H18N2O/c14-12(8-10-4-2-1-3-5-10)13(16)15-9-11-6-7-11/h1-5,11-12H,6-9,14H2,(H,15,16). The molecule has 3 heteroatoms. The molecule has 16 heavy (non-hydrogen) atoms. The molecule has 1 unspecified atom stereocenters. The Bertz CT molecular complexity index is 346. The number of benzene rings is 1. The molecule has 0 bridgehead atoms. The quantitative estimate of drug-likeness (QED) is 0.777. The van der Waals surface area contributed by atoms with Crippen LogP contribution in [0.2, 0.25) is 0 Å². The Morgan fingerprint density at radius 1 is 1.38 bits per heavy atom. The molecule has 0 radical (unpaired) electrons. The first kappa shape index (κ1) is 11.1. The van der Waals surface area contributed by atoms with Crippen molar-refractivity contribution in [1.82, 2.24) is 5.32 Å². The molecule has 86 valence electrons. The van der Waals surface area contributed by atoms with Crippen molar-refractivity contribution >= 4 is 5.91 Å². The van der Waals surface area contributed by atoms with E-state index in [2.05, 4.69) is 5.32 Å². The van der Waals surface area contributed by atoms with Crippen LogP contribution in [-0.4, -0.2) is 18.5 Å². The highest BCUT2D eigenvalue weighted by molar-refractivity contribution is 5.81. The van der Waals surface area contributed by atoms with Gasteiger partial charge in [0.25, 0.3) is 0 Å². The second-order valence-electron chi connectivity index (χ2n) is 4.48. The normalized spacial score (nSPS) is 16.8. The predicted octanol–water partition coefficient (Wildman–Crippen LogP) is 1.08. The average molecular weight is 218 g/mol. The van der Waals surface area contributed by atoms with Crippen LogP contribution in [0.3, 0.4) is 0 Å². The molecule has 0 heterocycles. The number of carbonyl (C=O) groups is 1. The summed E-state index contributed by atoms with van der Waals surface area (Å²) in [5, 5.41) is 2.90. The molecule has 2 rings (SSSR count). The molecule has 1 aliphatic carbocycles. The summed E-state index contributed by atoms with van der Waals surface area (Å²) in [6.07, 6.45) is 3.10. The first-order chi connectivity index (χ1) is 7.75. The zero-order chi connectivity index (χ0) is 11.4. The van der Waals surface area contributed by atoms with Gasteiger partial charge in [-0.3, -0.25) is 4.79 Å². The van der Waals surface area contributed by atoms with Gasteiger partial charge in [-0.25, -0.2) is 0 Å². The van der Waals surface area contributed by atoms with Gasteiger partial charge in [0.2, 0.25) is 5.91 Å². The first-order valence-electron chi connectivity index (χ1n) is 5.83. The molecule has 3 N–H and O–H groups in total. The highest BCUT2D eigenvalue weighted by atomic mass is 16.2. The molecule has 0 spiro atoms. The fraction of sp³-hybridized carbons (Fsp3) is 0.462. The van der Waals surface area contributed by atoms with E-state index in [1.807, 2.05) is 30.3 Å². The van der Waals surface area contributed by atoms with Gasteiger partial charge in [0, 0.05) is 6.54 Å². The Morgan fingerprint density at radius 2 is 2.06 bits per heavy atom. The molecule has 1 amide bonds. The van der Waals surface area contributed by atoms with Crippen molar-refractivity contribution in [2.45, 2.75) is 25.3 Å². The Morgan fingerprint density at radius 3 is 2.69 bits per heavy atom. The van der Waals surface area contributed by atoms with E-state index in [1.54, 1.807) is 0 Å². The van der Waals surface area contributed by atoms with Crippen LogP contribution in [0.5, 0.6) is 0 Å². The summed E-state index contributed by atoms with van der Waals surface area (Å²) in [6, 6.07) is 9.44. The lowest BCUT2D eigenvalue weighted by molar-refractivity contribution is -0.122. The van der Waals surface area contributed by atoms with Crippen LogP contribution < -0.4 is 11.1 Å². The van der Waals surface area contributed by atoms with Crippen LogP contribution in [-0.2, 0) is 11.2 Å². The number of hydrogen-bond acceptors (Lipinski definition) is 2. The summed E-state index contributed by atoms with van der Waals surface area (Å²) in [5.74, 6) is 0.670. The summed E-state index contributed by atoms with van der Waals surface area (Å²) >= 11 is 0. The van der Waals surface area contributed by atoms with Crippen molar-refractivity contribution in [3.05, 3.63) is 35.9 Å². The number of carbonyl (C=O) groups excluding carboxylic acids is 1. The molecule has 3 nitrogen and oxygen atoms in total. The molecule has 0 saturated heterocycles. The zero-order valence-corrected chi connectivity index (χ0v) is 9.36. The Hall–Kier alpha value is -1.35. The van der Waals surface area contributed by atoms with Gasteiger partial charge in [-0.2, -0.15) is 0 Å². The van der Waals surface area contributed by atoms with E-state index in [0.717, 1.165) is 12.1 Å². The Balaban J connectivity index is 1.77. The highest BCUT2D eigenvalue weighted by Gasteiger charge is 2.23. The molecular weight excluding hydrogens is 200 g/mol. The Kier molecular flexibility index (Phi) is 3.57. The molecule has 1 fully saturated rings. The van der Waals surface area contributed by atoms with E-state index in [1.165, 1.54) is 12.8 Å². The SMILES string of the molecule is NC(Cc1ccccc1)C(=O)NCC1CC1. The third-order valence-corrected chi connectivity index (χ3v) is 2.90. The van der Waals surface area contributed by atoms with Gasteiger partial charge in [0.05, 0.1) is 6.04 Å². The second-order valence-corrected chi connectivity index (χ2v) is 4.48. The maximum absolute atomic E-state index is 11.6. The summed E-state index contributed by atoms with van der Waals surface area (Å²) in [7, 11) is 0. The van der Waals surface area contributed by atoms with Gasteiger partial charge < -0.3 is 11.1 Å². The molecule has 0 aliphatic heterocycles. The van der Waals surface area contributed by atoms with Gasteiger partial charge in [0.1, 0.15) is 0 Å². The summed E-state index contributed by atoms with van der Waals surface area (Å²) < 4.78 is 0. The van der Waals surface area contributed by atoms with Crippen LogP contribution >= 0.6 is 0 Å². The molecule has 1 aromatic rings. The van der Waals surface area contributed by atoms with Gasteiger partial charge in [-0.05, 0) is 30.7 Å². The summed E-state index contributed by atoms with van der Waals surface area (Å²) in [5.41, 5.74) is 6.95. The fourth-order valence-corrected chi connectivity index (χ4v) is 1.66. The average Bonchev–Trinajstić information content (AvgIpc) is 3.11. The number of nitrogens with one attached hydrogen (secondary N) is 1. The van der Waals surface area contributed by atoms with E-state index in [9.17, 15) is 4.79 Å². The minimum atomic E-state index is -0.429. The first-order valence-corrected chi connectivity index (χ1v) is 5.83. The zero-order valence-electron chi connectivity index (χ0n) is 9.36. The Labute approximate surface area is 96.0 Å². The summed E-state index contributed by atoms with van der Waals surface area (Å²) in [4.78, 5) is 11.6. The van der Waals surface area contributed by atoms with Gasteiger partial charge >= 0.3 is 0 Å². The number of rotatable bonds is 5. The van der Waals surface area contributed by atoms with Crippen molar-refractivity contribution < 1.29 is 4.79 Å². The van der Waals surface area contributed by atoms with E-state index in [0.29, 0.717) is 12.3 Å². The van der Waals surface area contributed by atoms with E-state index in [-0.39, 0.29) is 5.91 Å². The largest absolute Gasteiger partial charge is 0.354 e. The van der Waals surface area contributed by atoms with Crippen LogP contribution in [0, 0.1) is 5.92 Å². The molecule has 0 aromatic heterocycles. The molecule has 1 atom stereocenters. The van der Waals surface area contributed by atoms with E-state index < -0.39 is 6.04 Å². The van der Waals surface area contributed by atoms with Crippen molar-refractivity contribution in [2.75, 3.05) is 6.54 Å². The van der Waals surface area contributed by atoms with Crippen molar-refractivity contribution in [3.8, 4) is 0 Å². The lowest BCUT2D eigenvalue weighted by Crippen LogP contribution is -2.42. The van der Waals surface area contributed by atoms with Crippen molar-refractivity contribution in [1.29, 1.82) is 0 Å². The summed E-state index contributed by atoms with van der Waals surface area (Å²) in [6.45, 7) is 0.793. The van der Waals surface area contributed by atoms with Crippen molar-refractivity contribution in [2.24, 2.45) is 11.7 Å². The number of nitrogens with two attached hydrogens (primary N) is 1. The third-order valence-electron chi connectivity index (χ3n) is 2.90. The maximum atomic E-state index is 11.6. The van der Waals surface area contributed by atoms with E-state index >= 15 is 0 Å². The van der Waals surface area contributed by atoms with Gasteiger partial charge in [-0.15, -0.1) is 0 Å². The highest BCUT2D eigenvalue weighted by Crippen LogP contribution is 2.27. The molecular formula is C13H18N2O. The monoisotopic (exact) mass is 218 g/mol. The van der Waals surface area contributed by atoms with Crippen LogP contribution in [0.4, 0.5) is 0 Å². The fourth-order valence-electron chi connectivity index (χ4n) is 1.66. The minimum Gasteiger partial charge on any atom is -0.354 e. The third kappa shape index (κ3) is 3.35. The number of amides is 1. The second kappa shape index (κ2) is 5.12. The van der Waals surface area contributed by atoms with E-state index in [4.69, 9.17) is 5.73 Å². The van der Waals surface area contributed by atoms with Gasteiger partial charge in [0.15, 0.2) is 0 Å². The minimum absolute atomic E-state index is 0.0317. The topological polar surface area (TPSA) is 55.1 Å². The lowest BCUT2D eigenvalue weighted by atomic mass is 10.1. The van der Waals surface area contributed by atoms with Crippen LogP contribution in [0.25, 0.3) is 0 Å². The smallest absolute Gasteiger partial charge is 0.237 e.